The highest BCUT2D eigenvalue weighted by Crippen LogP contribution is 2.44. The van der Waals surface area contributed by atoms with Crippen molar-refractivity contribution in [3.63, 3.8) is 0 Å². The Balaban J connectivity index is 1.86. The van der Waals surface area contributed by atoms with Crippen molar-refractivity contribution in [3.8, 4) is 5.75 Å². The maximum atomic E-state index is 13.3. The van der Waals surface area contributed by atoms with Crippen LogP contribution in [0.15, 0.2) is 67.0 Å². The van der Waals surface area contributed by atoms with Crippen molar-refractivity contribution in [2.45, 2.75) is 19.9 Å². The van der Waals surface area contributed by atoms with Crippen molar-refractivity contribution in [2.75, 3.05) is 18.1 Å². The van der Waals surface area contributed by atoms with E-state index in [-0.39, 0.29) is 27.9 Å². The van der Waals surface area contributed by atoms with E-state index in [0.717, 1.165) is 11.3 Å². The second-order valence-electron chi connectivity index (χ2n) is 7.71. The van der Waals surface area contributed by atoms with E-state index in [2.05, 4.69) is 16.5 Å². The molecule has 0 aliphatic carbocycles. The van der Waals surface area contributed by atoms with Crippen molar-refractivity contribution in [3.05, 3.63) is 88.7 Å². The Morgan fingerprint density at radius 1 is 1.19 bits per heavy atom. The van der Waals surface area contributed by atoms with E-state index in [1.807, 2.05) is 0 Å². The van der Waals surface area contributed by atoms with E-state index >= 15 is 0 Å². The number of hydrogen-bond donors (Lipinski definition) is 1. The number of aromatic nitrogens is 2. The first-order chi connectivity index (χ1) is 17.4. The highest BCUT2D eigenvalue weighted by atomic mass is 32.1. The van der Waals surface area contributed by atoms with Crippen LogP contribution < -0.4 is 9.64 Å². The number of aliphatic hydroxyl groups is 1. The summed E-state index contributed by atoms with van der Waals surface area (Å²) in [4.78, 5) is 48.7. The number of esters is 1. The van der Waals surface area contributed by atoms with Gasteiger partial charge in [0, 0.05) is 18.0 Å². The van der Waals surface area contributed by atoms with Gasteiger partial charge in [-0.15, -0.1) is 0 Å². The lowest BCUT2D eigenvalue weighted by atomic mass is 9.95. The smallest absolute Gasteiger partial charge is 0.350 e. The van der Waals surface area contributed by atoms with Gasteiger partial charge in [-0.05, 0) is 43.7 Å². The van der Waals surface area contributed by atoms with Crippen molar-refractivity contribution in [1.29, 1.82) is 0 Å². The third-order valence-electron chi connectivity index (χ3n) is 5.41. The van der Waals surface area contributed by atoms with Crippen LogP contribution in [0.4, 0.5) is 5.13 Å². The van der Waals surface area contributed by atoms with Crippen LogP contribution in [0.25, 0.3) is 5.76 Å². The Kier molecular flexibility index (Phi) is 7.25. The zero-order valence-corrected chi connectivity index (χ0v) is 20.4. The molecule has 2 aromatic heterocycles. The highest BCUT2D eigenvalue weighted by molar-refractivity contribution is 7.17. The van der Waals surface area contributed by atoms with Crippen LogP contribution in [-0.4, -0.2) is 45.9 Å². The van der Waals surface area contributed by atoms with Gasteiger partial charge in [0.1, 0.15) is 23.0 Å². The van der Waals surface area contributed by atoms with E-state index < -0.39 is 23.7 Å². The molecule has 1 unspecified atom stereocenters. The molecule has 0 radical (unpaired) electrons. The zero-order valence-electron chi connectivity index (χ0n) is 19.6. The molecule has 3 aromatic rings. The van der Waals surface area contributed by atoms with Gasteiger partial charge in [-0.25, -0.2) is 9.78 Å². The summed E-state index contributed by atoms with van der Waals surface area (Å²) in [5.41, 5.74) is 1.15. The van der Waals surface area contributed by atoms with Crippen LogP contribution in [0, 0.1) is 6.92 Å². The number of hydrogen-bond acceptors (Lipinski definition) is 9. The van der Waals surface area contributed by atoms with Crippen LogP contribution in [0.2, 0.25) is 0 Å². The van der Waals surface area contributed by atoms with Crippen LogP contribution in [0.1, 0.15) is 39.5 Å². The predicted octanol–water partition coefficient (Wildman–Crippen LogP) is 4.21. The number of thiazole rings is 1. The molecule has 1 N–H and O–H groups in total. The Morgan fingerprint density at radius 2 is 1.89 bits per heavy atom. The SMILES string of the molecule is C=CCOc1ccc(C2C(=C(O)c3ccncc3)C(=O)C(=O)N2c2nc(C)c(C(=O)OCC)s2)cc1. The minimum Gasteiger partial charge on any atom is -0.507 e. The number of aryl methyl sites for hydroxylation is 1. The van der Waals surface area contributed by atoms with Crippen LogP contribution >= 0.6 is 11.3 Å². The summed E-state index contributed by atoms with van der Waals surface area (Å²) < 4.78 is 10.6. The Bertz CT molecular complexity index is 1350. The number of pyridine rings is 1. The second-order valence-corrected chi connectivity index (χ2v) is 8.68. The maximum Gasteiger partial charge on any atom is 0.350 e. The number of nitrogens with zero attached hydrogens (tertiary/aromatic N) is 3. The number of amides is 1. The molecule has 1 atom stereocenters. The molecule has 10 heteroatoms. The summed E-state index contributed by atoms with van der Waals surface area (Å²) in [6.07, 6.45) is 4.56. The van der Waals surface area contributed by atoms with Gasteiger partial charge in [0.2, 0.25) is 0 Å². The molecule has 1 aliphatic heterocycles. The van der Waals surface area contributed by atoms with Gasteiger partial charge in [-0.3, -0.25) is 19.5 Å². The number of benzene rings is 1. The first-order valence-corrected chi connectivity index (χ1v) is 11.9. The van der Waals surface area contributed by atoms with E-state index in [4.69, 9.17) is 9.47 Å². The number of anilines is 1. The molecule has 36 heavy (non-hydrogen) atoms. The van der Waals surface area contributed by atoms with Gasteiger partial charge in [0.25, 0.3) is 5.78 Å². The minimum absolute atomic E-state index is 0.100. The molecule has 0 bridgehead atoms. The van der Waals surface area contributed by atoms with E-state index in [9.17, 15) is 19.5 Å². The standard InChI is InChI=1S/C26H23N3O6S/c1-4-14-35-18-8-6-16(7-9-18)20-19(21(30)17-10-12-27-13-11-17)22(31)24(32)29(20)26-28-15(3)23(36-26)25(33)34-5-2/h4,6-13,20,30H,1,5,14H2,2-3H3. The van der Waals surface area contributed by atoms with Crippen molar-refractivity contribution < 1.29 is 29.0 Å². The summed E-state index contributed by atoms with van der Waals surface area (Å²) in [5, 5.41) is 11.3. The molecule has 0 spiro atoms. The van der Waals surface area contributed by atoms with Gasteiger partial charge < -0.3 is 14.6 Å². The fourth-order valence-corrected chi connectivity index (χ4v) is 4.77. The Morgan fingerprint density at radius 3 is 2.53 bits per heavy atom. The van der Waals surface area contributed by atoms with E-state index in [0.29, 0.717) is 29.2 Å². The fraction of sp³-hybridized carbons (Fsp3) is 0.192. The lowest BCUT2D eigenvalue weighted by molar-refractivity contribution is -0.132. The zero-order chi connectivity index (χ0) is 25.8. The molecule has 0 saturated carbocycles. The molecule has 184 valence electrons. The number of carbonyl (C=O) groups excluding carboxylic acids is 3. The maximum absolute atomic E-state index is 13.3. The lowest BCUT2D eigenvalue weighted by Gasteiger charge is -2.23. The number of Topliss-reactive ketones (excluding diaryl/α,β-unsaturated/α-hetero) is 1. The number of rotatable bonds is 8. The largest absolute Gasteiger partial charge is 0.507 e. The topological polar surface area (TPSA) is 119 Å². The molecule has 1 aromatic carbocycles. The molecule has 1 fully saturated rings. The molecular formula is C26H23N3O6S. The predicted molar refractivity (Wildman–Crippen MR) is 134 cm³/mol. The number of ether oxygens (including phenoxy) is 2. The Hall–Kier alpha value is -4.31. The first kappa shape index (κ1) is 24.8. The minimum atomic E-state index is -0.993. The number of ketones is 1. The molecule has 3 heterocycles. The molecule has 1 aliphatic rings. The summed E-state index contributed by atoms with van der Waals surface area (Å²) in [5.74, 6) is -2.07. The quantitative estimate of drug-likeness (QED) is 0.159. The highest BCUT2D eigenvalue weighted by Gasteiger charge is 2.48. The lowest BCUT2D eigenvalue weighted by Crippen LogP contribution is -2.29. The average molecular weight is 506 g/mol. The van der Waals surface area contributed by atoms with E-state index in [1.54, 1.807) is 56.3 Å². The third-order valence-corrected chi connectivity index (χ3v) is 6.55. The van der Waals surface area contributed by atoms with E-state index in [1.165, 1.54) is 17.3 Å². The number of carbonyl (C=O) groups is 3. The van der Waals surface area contributed by atoms with Gasteiger partial charge in [0.05, 0.1) is 23.9 Å². The Labute approximate surface area is 211 Å². The van der Waals surface area contributed by atoms with Crippen LogP contribution in [0.3, 0.4) is 0 Å². The van der Waals surface area contributed by atoms with Gasteiger partial charge in [0.15, 0.2) is 5.13 Å². The summed E-state index contributed by atoms with van der Waals surface area (Å²) >= 11 is 0.950. The molecule has 1 amide bonds. The molecule has 9 nitrogen and oxygen atoms in total. The third kappa shape index (κ3) is 4.63. The molecule has 4 rings (SSSR count). The first-order valence-electron chi connectivity index (χ1n) is 11.1. The summed E-state index contributed by atoms with van der Waals surface area (Å²) in [7, 11) is 0. The van der Waals surface area contributed by atoms with Gasteiger partial charge in [-0.1, -0.05) is 36.1 Å². The fourth-order valence-electron chi connectivity index (χ4n) is 3.78. The van der Waals surface area contributed by atoms with Crippen molar-refractivity contribution in [2.24, 2.45) is 0 Å². The van der Waals surface area contributed by atoms with Gasteiger partial charge in [-0.2, -0.15) is 0 Å². The monoisotopic (exact) mass is 505 g/mol. The van der Waals surface area contributed by atoms with Gasteiger partial charge >= 0.3 is 11.9 Å². The molecule has 1 saturated heterocycles. The average Bonchev–Trinajstić information content (AvgIpc) is 3.40. The summed E-state index contributed by atoms with van der Waals surface area (Å²) in [6.45, 7) is 7.44. The van der Waals surface area contributed by atoms with Crippen molar-refractivity contribution >= 4 is 39.9 Å². The van der Waals surface area contributed by atoms with Crippen LogP contribution in [-0.2, 0) is 14.3 Å². The summed E-state index contributed by atoms with van der Waals surface area (Å²) in [6, 6.07) is 8.89. The normalized spacial score (nSPS) is 16.7. The van der Waals surface area contributed by atoms with Crippen molar-refractivity contribution in [1.82, 2.24) is 9.97 Å². The number of aliphatic hydroxyl groups excluding tert-OH is 1. The second kappa shape index (κ2) is 10.5. The molecular weight excluding hydrogens is 482 g/mol. The van der Waals surface area contributed by atoms with Crippen LogP contribution in [0.5, 0.6) is 5.75 Å².